The first-order valence-electron chi connectivity index (χ1n) is 6.25. The lowest BCUT2D eigenvalue weighted by atomic mass is 10.4. The molecule has 0 saturated heterocycles. The van der Waals surface area contributed by atoms with Crippen LogP contribution in [0.5, 0.6) is 0 Å². The summed E-state index contributed by atoms with van der Waals surface area (Å²) in [5, 5.41) is 11.6. The minimum atomic E-state index is -4.08. The van der Waals surface area contributed by atoms with Crippen molar-refractivity contribution in [3.05, 3.63) is 30.3 Å². The van der Waals surface area contributed by atoms with E-state index < -0.39 is 21.6 Å². The van der Waals surface area contributed by atoms with Gasteiger partial charge in [0.2, 0.25) is 9.84 Å². The first-order chi connectivity index (χ1) is 10.4. The molecule has 0 radical (unpaired) electrons. The lowest BCUT2D eigenvalue weighted by Crippen LogP contribution is -2.14. The van der Waals surface area contributed by atoms with Gasteiger partial charge in [-0.15, -0.1) is 0 Å². The Morgan fingerprint density at radius 1 is 1.27 bits per heavy atom. The van der Waals surface area contributed by atoms with Crippen LogP contribution in [0.1, 0.15) is 13.8 Å². The predicted molar refractivity (Wildman–Crippen MR) is 85.3 cm³/mol. The molecule has 0 fully saturated rings. The largest absolute Gasteiger partial charge is 0.402 e. The van der Waals surface area contributed by atoms with Crippen LogP contribution in [0.2, 0.25) is 0 Å². The van der Waals surface area contributed by atoms with E-state index in [0.29, 0.717) is 0 Å². The maximum absolute atomic E-state index is 12.3. The van der Waals surface area contributed by atoms with E-state index in [1.165, 1.54) is 30.3 Å². The number of rotatable bonds is 7. The zero-order valence-electron chi connectivity index (χ0n) is 12.0. The summed E-state index contributed by atoms with van der Waals surface area (Å²) in [5.41, 5.74) is 0. The third kappa shape index (κ3) is 4.87. The van der Waals surface area contributed by atoms with Crippen LogP contribution in [0, 0.1) is 11.3 Å². The average molecular weight is 362 g/mol. The third-order valence-corrected chi connectivity index (χ3v) is 6.03. The van der Waals surface area contributed by atoms with Crippen LogP contribution >= 0.6 is 6.72 Å². The van der Waals surface area contributed by atoms with E-state index in [1.54, 1.807) is 19.9 Å². The molecule has 0 N–H and O–H groups in total. The molecule has 0 aliphatic carbocycles. The zero-order chi connectivity index (χ0) is 16.6. The number of nitriles is 1. The quantitative estimate of drug-likeness (QED) is 0.318. The number of benzene rings is 1. The van der Waals surface area contributed by atoms with Crippen LogP contribution in [-0.4, -0.2) is 26.7 Å². The van der Waals surface area contributed by atoms with Gasteiger partial charge in [0.15, 0.2) is 0 Å². The maximum atomic E-state index is 12.3. The Bertz CT molecular complexity index is 703. The minimum Gasteiger partial charge on any atom is -0.312 e. The summed E-state index contributed by atoms with van der Waals surface area (Å²) in [6.45, 7) is 0.559. The fraction of sp³-hybridized carbons (Fsp3) is 0.333. The van der Waals surface area contributed by atoms with Crippen LogP contribution in [-0.2, 0) is 35.3 Å². The van der Waals surface area contributed by atoms with Crippen molar-refractivity contribution < 1.29 is 22.1 Å². The monoisotopic (exact) mass is 362 g/mol. The van der Waals surface area contributed by atoms with Crippen molar-refractivity contribution in [3.8, 4) is 6.07 Å². The molecule has 0 bridgehead atoms. The molecule has 0 spiro atoms. The van der Waals surface area contributed by atoms with E-state index in [9.17, 15) is 8.42 Å². The van der Waals surface area contributed by atoms with E-state index in [2.05, 4.69) is 5.16 Å². The SMILES string of the molecule is CCOP(=S)(OCC)ON=C(C#N)S(=O)(=O)c1ccccc1. The molecule has 0 aromatic heterocycles. The lowest BCUT2D eigenvalue weighted by molar-refractivity contribution is 0.172. The molecule has 1 aromatic carbocycles. The van der Waals surface area contributed by atoms with Gasteiger partial charge in [-0.3, -0.25) is 9.05 Å². The predicted octanol–water partition coefficient (Wildman–Crippen LogP) is 2.61. The number of sulfone groups is 1. The molecule has 0 amide bonds. The standard InChI is InChI=1S/C12H15N2O5PS2/c1-3-17-20(21,18-4-2)19-14-12(10-13)22(15,16)11-8-6-5-7-9-11/h5-9H,3-4H2,1-2H3. The Morgan fingerprint density at radius 3 is 2.27 bits per heavy atom. The normalized spacial score (nSPS) is 12.7. The van der Waals surface area contributed by atoms with Crippen molar-refractivity contribution in [2.75, 3.05) is 13.2 Å². The van der Waals surface area contributed by atoms with E-state index >= 15 is 0 Å². The van der Waals surface area contributed by atoms with Gasteiger partial charge in [-0.1, -0.05) is 23.4 Å². The summed E-state index contributed by atoms with van der Waals surface area (Å²) in [6, 6.07) is 8.92. The fourth-order valence-electron chi connectivity index (χ4n) is 1.33. The Morgan fingerprint density at radius 2 is 1.82 bits per heavy atom. The van der Waals surface area contributed by atoms with Gasteiger partial charge in [-0.2, -0.15) is 5.26 Å². The summed E-state index contributed by atoms with van der Waals surface area (Å²) in [7, 11) is -4.08. The van der Waals surface area contributed by atoms with Gasteiger partial charge in [0.25, 0.3) is 5.04 Å². The average Bonchev–Trinajstić information content (AvgIpc) is 2.49. The highest BCUT2D eigenvalue weighted by Crippen LogP contribution is 2.50. The van der Waals surface area contributed by atoms with Gasteiger partial charge in [-0.05, 0) is 26.0 Å². The van der Waals surface area contributed by atoms with Crippen molar-refractivity contribution in [1.29, 1.82) is 5.26 Å². The van der Waals surface area contributed by atoms with Crippen LogP contribution in [0.15, 0.2) is 40.4 Å². The molecular weight excluding hydrogens is 347 g/mol. The Labute approximate surface area is 134 Å². The zero-order valence-corrected chi connectivity index (χ0v) is 14.5. The summed E-state index contributed by atoms with van der Waals surface area (Å²) in [6.07, 6.45) is 0. The Balaban J connectivity index is 3.11. The summed E-state index contributed by atoms with van der Waals surface area (Å²) < 4.78 is 39.8. The smallest absolute Gasteiger partial charge is 0.312 e. The van der Waals surface area contributed by atoms with E-state index in [0.717, 1.165) is 0 Å². The Kier molecular flexibility index (Phi) is 7.13. The molecule has 0 aliphatic heterocycles. The second kappa shape index (κ2) is 8.36. The molecule has 1 aromatic rings. The van der Waals surface area contributed by atoms with Crippen LogP contribution in [0.4, 0.5) is 0 Å². The number of nitrogens with zero attached hydrogens (tertiary/aromatic N) is 2. The number of hydrogen-bond acceptors (Lipinski definition) is 8. The molecule has 1 rings (SSSR count). The highest BCUT2D eigenvalue weighted by Gasteiger charge is 2.26. The van der Waals surface area contributed by atoms with Gasteiger partial charge in [0.05, 0.1) is 18.1 Å². The second-order valence-electron chi connectivity index (χ2n) is 3.69. The summed E-state index contributed by atoms with van der Waals surface area (Å²) in [4.78, 5) is -0.0694. The first kappa shape index (κ1) is 18.7. The van der Waals surface area contributed by atoms with Crippen LogP contribution < -0.4 is 0 Å². The number of oxime groups is 1. The van der Waals surface area contributed by atoms with Gasteiger partial charge in [0, 0.05) is 11.8 Å². The molecule has 120 valence electrons. The summed E-state index contributed by atoms with van der Waals surface area (Å²) >= 11 is 5.04. The van der Waals surface area contributed by atoms with Crippen molar-refractivity contribution in [2.45, 2.75) is 18.7 Å². The summed E-state index contributed by atoms with van der Waals surface area (Å²) in [5.74, 6) is 0. The van der Waals surface area contributed by atoms with E-state index in [-0.39, 0.29) is 18.1 Å². The number of hydrogen-bond donors (Lipinski definition) is 0. The molecule has 0 aliphatic rings. The van der Waals surface area contributed by atoms with E-state index in [1.807, 2.05) is 0 Å². The first-order valence-corrected chi connectivity index (χ1v) is 10.3. The molecule has 7 nitrogen and oxygen atoms in total. The molecule has 0 heterocycles. The topological polar surface area (TPSA) is 98.0 Å². The van der Waals surface area contributed by atoms with Gasteiger partial charge >= 0.3 is 6.72 Å². The van der Waals surface area contributed by atoms with Crippen molar-refractivity contribution in [1.82, 2.24) is 0 Å². The fourth-order valence-corrected chi connectivity index (χ4v) is 4.09. The molecule has 0 atom stereocenters. The highest BCUT2D eigenvalue weighted by atomic mass is 32.5. The second-order valence-corrected chi connectivity index (χ2v) is 8.47. The molecule has 0 saturated carbocycles. The lowest BCUT2D eigenvalue weighted by Gasteiger charge is -2.16. The van der Waals surface area contributed by atoms with Crippen LogP contribution in [0.3, 0.4) is 0 Å². The maximum Gasteiger partial charge on any atom is 0.402 e. The van der Waals surface area contributed by atoms with Crippen LogP contribution in [0.25, 0.3) is 0 Å². The third-order valence-electron chi connectivity index (χ3n) is 2.20. The molecule has 10 heteroatoms. The van der Waals surface area contributed by atoms with E-state index in [4.69, 9.17) is 30.7 Å². The molecular formula is C12H15N2O5PS2. The molecule has 0 unspecified atom stereocenters. The van der Waals surface area contributed by atoms with Crippen molar-refractivity contribution in [3.63, 3.8) is 0 Å². The van der Waals surface area contributed by atoms with Gasteiger partial charge in [0.1, 0.15) is 6.07 Å². The van der Waals surface area contributed by atoms with Gasteiger partial charge in [-0.25, -0.2) is 8.42 Å². The van der Waals surface area contributed by atoms with Crippen molar-refractivity contribution >= 4 is 33.4 Å². The minimum absolute atomic E-state index is 0.0694. The highest BCUT2D eigenvalue weighted by molar-refractivity contribution is 8.08. The van der Waals surface area contributed by atoms with Gasteiger partial charge < -0.3 is 4.62 Å². The Hall–Kier alpha value is -1.30. The van der Waals surface area contributed by atoms with Crippen molar-refractivity contribution in [2.24, 2.45) is 5.16 Å². The molecule has 22 heavy (non-hydrogen) atoms.